The lowest BCUT2D eigenvalue weighted by atomic mass is 10.2. The molecule has 0 spiro atoms. The van der Waals surface area contributed by atoms with Crippen molar-refractivity contribution in [1.82, 2.24) is 9.97 Å². The Kier molecular flexibility index (Phi) is 2.76. The van der Waals surface area contributed by atoms with Crippen molar-refractivity contribution in [2.24, 2.45) is 0 Å². The molecule has 94 valence electrons. The molecule has 0 fully saturated rings. The van der Waals surface area contributed by atoms with Crippen LogP contribution in [0.1, 0.15) is 5.56 Å². The topological polar surface area (TPSA) is 58.0 Å². The number of phenols is 1. The number of nitrogens with zero attached hydrogens (tertiary/aromatic N) is 2. The number of aryl methyl sites for hydroxylation is 1. The van der Waals surface area contributed by atoms with Gasteiger partial charge in [-0.2, -0.15) is 0 Å². The fourth-order valence-corrected chi connectivity index (χ4v) is 1.97. The molecular formula is C15H13N3O. The van der Waals surface area contributed by atoms with Crippen LogP contribution in [-0.4, -0.2) is 15.1 Å². The molecule has 3 rings (SSSR count). The van der Waals surface area contributed by atoms with Crippen LogP contribution in [0.25, 0.3) is 10.9 Å². The Morgan fingerprint density at radius 3 is 2.74 bits per heavy atom. The number of aromatic hydroxyl groups is 1. The number of rotatable bonds is 2. The summed E-state index contributed by atoms with van der Waals surface area (Å²) < 4.78 is 0. The summed E-state index contributed by atoms with van der Waals surface area (Å²) in [5, 5.41) is 13.7. The predicted octanol–water partition coefficient (Wildman–Crippen LogP) is 3.39. The van der Waals surface area contributed by atoms with Gasteiger partial charge >= 0.3 is 0 Å². The number of aromatic nitrogens is 2. The van der Waals surface area contributed by atoms with E-state index in [9.17, 15) is 5.11 Å². The molecule has 0 bridgehead atoms. The van der Waals surface area contributed by atoms with Crippen LogP contribution in [0.15, 0.2) is 48.8 Å². The van der Waals surface area contributed by atoms with Crippen molar-refractivity contribution in [2.75, 3.05) is 5.32 Å². The van der Waals surface area contributed by atoms with Gasteiger partial charge in [0.2, 0.25) is 0 Å². The minimum Gasteiger partial charge on any atom is -0.508 e. The zero-order valence-electron chi connectivity index (χ0n) is 10.5. The van der Waals surface area contributed by atoms with E-state index in [4.69, 9.17) is 0 Å². The van der Waals surface area contributed by atoms with E-state index in [0.29, 0.717) is 0 Å². The highest BCUT2D eigenvalue weighted by atomic mass is 16.3. The summed E-state index contributed by atoms with van der Waals surface area (Å²) in [5.41, 5.74) is 2.61. The first-order chi connectivity index (χ1) is 9.24. The second kappa shape index (κ2) is 4.57. The molecule has 3 aromatic rings. The highest BCUT2D eigenvalue weighted by Gasteiger charge is 2.04. The number of anilines is 2. The van der Waals surface area contributed by atoms with Crippen molar-refractivity contribution in [2.45, 2.75) is 6.92 Å². The molecule has 1 heterocycles. The number of fused-ring (bicyclic) bond motifs is 1. The fraction of sp³-hybridized carbons (Fsp3) is 0.0667. The SMILES string of the molecule is Cc1cc(Nc2ncnc3ccccc23)ccc1O. The minimum absolute atomic E-state index is 0.290. The van der Waals surface area contributed by atoms with Gasteiger partial charge < -0.3 is 10.4 Å². The van der Waals surface area contributed by atoms with Gasteiger partial charge in [-0.1, -0.05) is 12.1 Å². The van der Waals surface area contributed by atoms with Gasteiger partial charge in [-0.05, 0) is 42.8 Å². The van der Waals surface area contributed by atoms with E-state index in [2.05, 4.69) is 15.3 Å². The Balaban J connectivity index is 2.03. The first-order valence-electron chi connectivity index (χ1n) is 6.00. The molecule has 0 saturated carbocycles. The van der Waals surface area contributed by atoms with Crippen molar-refractivity contribution >= 4 is 22.4 Å². The second-order valence-electron chi connectivity index (χ2n) is 4.37. The molecule has 2 N–H and O–H groups in total. The van der Waals surface area contributed by atoms with Gasteiger partial charge in [0.1, 0.15) is 17.9 Å². The molecule has 2 aromatic carbocycles. The summed E-state index contributed by atoms with van der Waals surface area (Å²) in [4.78, 5) is 8.49. The number of hydrogen-bond donors (Lipinski definition) is 2. The zero-order chi connectivity index (χ0) is 13.2. The molecule has 0 radical (unpaired) electrons. The third-order valence-corrected chi connectivity index (χ3v) is 3.00. The number of para-hydroxylation sites is 1. The van der Waals surface area contributed by atoms with Crippen LogP contribution in [0.5, 0.6) is 5.75 Å². The summed E-state index contributed by atoms with van der Waals surface area (Å²) in [7, 11) is 0. The highest BCUT2D eigenvalue weighted by Crippen LogP contribution is 2.25. The zero-order valence-corrected chi connectivity index (χ0v) is 10.5. The van der Waals surface area contributed by atoms with Crippen LogP contribution in [0.2, 0.25) is 0 Å². The van der Waals surface area contributed by atoms with Gasteiger partial charge in [0.05, 0.1) is 5.52 Å². The number of nitrogens with one attached hydrogen (secondary N) is 1. The molecule has 4 nitrogen and oxygen atoms in total. The molecule has 1 aromatic heterocycles. The molecule has 19 heavy (non-hydrogen) atoms. The van der Waals surface area contributed by atoms with E-state index >= 15 is 0 Å². The summed E-state index contributed by atoms with van der Waals surface area (Å²) >= 11 is 0. The van der Waals surface area contributed by atoms with E-state index in [0.717, 1.165) is 28.0 Å². The van der Waals surface area contributed by atoms with E-state index in [1.54, 1.807) is 6.07 Å². The lowest BCUT2D eigenvalue weighted by Crippen LogP contribution is -1.96. The van der Waals surface area contributed by atoms with E-state index < -0.39 is 0 Å². The number of phenolic OH excluding ortho intramolecular Hbond substituents is 1. The van der Waals surface area contributed by atoms with E-state index in [-0.39, 0.29) is 5.75 Å². The summed E-state index contributed by atoms with van der Waals surface area (Å²) in [6.45, 7) is 1.86. The molecule has 0 saturated heterocycles. The third-order valence-electron chi connectivity index (χ3n) is 3.00. The Morgan fingerprint density at radius 2 is 1.89 bits per heavy atom. The first-order valence-corrected chi connectivity index (χ1v) is 6.00. The number of hydrogen-bond acceptors (Lipinski definition) is 4. The summed E-state index contributed by atoms with van der Waals surface area (Å²) in [5.74, 6) is 1.05. The van der Waals surface area contributed by atoms with Gasteiger partial charge in [0.15, 0.2) is 0 Å². The van der Waals surface area contributed by atoms with Crippen LogP contribution >= 0.6 is 0 Å². The Bertz CT molecular complexity index is 735. The van der Waals surface area contributed by atoms with Gasteiger partial charge in [-0.25, -0.2) is 9.97 Å². The Hall–Kier alpha value is -2.62. The molecule has 0 aliphatic heterocycles. The van der Waals surface area contributed by atoms with Gasteiger partial charge in [-0.15, -0.1) is 0 Å². The summed E-state index contributed by atoms with van der Waals surface area (Å²) in [6, 6.07) is 13.2. The van der Waals surface area contributed by atoms with E-state index in [1.807, 2.05) is 43.3 Å². The van der Waals surface area contributed by atoms with Crippen LogP contribution in [0.3, 0.4) is 0 Å². The molecular weight excluding hydrogens is 238 g/mol. The van der Waals surface area contributed by atoms with Crippen LogP contribution in [0, 0.1) is 6.92 Å². The normalized spacial score (nSPS) is 10.6. The fourth-order valence-electron chi connectivity index (χ4n) is 1.97. The lowest BCUT2D eigenvalue weighted by molar-refractivity contribution is 0.471. The Morgan fingerprint density at radius 1 is 1.05 bits per heavy atom. The van der Waals surface area contributed by atoms with Gasteiger partial charge in [0.25, 0.3) is 0 Å². The largest absolute Gasteiger partial charge is 0.508 e. The van der Waals surface area contributed by atoms with Gasteiger partial charge in [-0.3, -0.25) is 0 Å². The second-order valence-corrected chi connectivity index (χ2v) is 4.37. The van der Waals surface area contributed by atoms with Crippen molar-refractivity contribution in [3.63, 3.8) is 0 Å². The number of benzene rings is 2. The maximum Gasteiger partial charge on any atom is 0.141 e. The van der Waals surface area contributed by atoms with E-state index in [1.165, 1.54) is 6.33 Å². The van der Waals surface area contributed by atoms with Crippen LogP contribution in [-0.2, 0) is 0 Å². The van der Waals surface area contributed by atoms with Crippen molar-refractivity contribution < 1.29 is 5.11 Å². The monoisotopic (exact) mass is 251 g/mol. The molecule has 0 amide bonds. The first kappa shape index (κ1) is 11.5. The lowest BCUT2D eigenvalue weighted by Gasteiger charge is -2.09. The average Bonchev–Trinajstić information content (AvgIpc) is 2.43. The smallest absolute Gasteiger partial charge is 0.141 e. The van der Waals surface area contributed by atoms with Crippen LogP contribution in [0.4, 0.5) is 11.5 Å². The Labute approximate surface area is 110 Å². The molecule has 0 aliphatic rings. The molecule has 0 atom stereocenters. The van der Waals surface area contributed by atoms with Gasteiger partial charge in [0, 0.05) is 11.1 Å². The maximum absolute atomic E-state index is 9.53. The van der Waals surface area contributed by atoms with Crippen molar-refractivity contribution in [1.29, 1.82) is 0 Å². The van der Waals surface area contributed by atoms with Crippen LogP contribution < -0.4 is 5.32 Å². The molecule has 4 heteroatoms. The molecule has 0 unspecified atom stereocenters. The van der Waals surface area contributed by atoms with Crippen molar-refractivity contribution in [3.05, 3.63) is 54.4 Å². The van der Waals surface area contributed by atoms with Crippen molar-refractivity contribution in [3.8, 4) is 5.75 Å². The minimum atomic E-state index is 0.290. The highest BCUT2D eigenvalue weighted by molar-refractivity contribution is 5.90. The maximum atomic E-state index is 9.53. The molecule has 0 aliphatic carbocycles. The predicted molar refractivity (Wildman–Crippen MR) is 75.7 cm³/mol. The summed E-state index contributed by atoms with van der Waals surface area (Å²) in [6.07, 6.45) is 1.54. The third kappa shape index (κ3) is 2.20. The average molecular weight is 251 g/mol. The quantitative estimate of drug-likeness (QED) is 0.685. The standard InChI is InChI=1S/C15H13N3O/c1-10-8-11(6-7-14(10)19)18-15-12-4-2-3-5-13(12)16-9-17-15/h2-9,19H,1H3,(H,16,17,18).